The molecule has 2 N–H and O–H groups in total. The molecule has 0 saturated heterocycles. The Hall–Kier alpha value is -1.10. The lowest BCUT2D eigenvalue weighted by molar-refractivity contribution is 0.0691. The van der Waals surface area contributed by atoms with E-state index in [-0.39, 0.29) is 5.69 Å². The molecule has 1 aromatic rings. The monoisotopic (exact) mass is 214 g/mol. The van der Waals surface area contributed by atoms with E-state index >= 15 is 0 Å². The minimum atomic E-state index is -0.970. The van der Waals surface area contributed by atoms with Crippen molar-refractivity contribution in [2.45, 2.75) is 26.2 Å². The third-order valence-electron chi connectivity index (χ3n) is 1.78. The standard InChI is InChI=1S/C9H14N2O2S/c1-2-3-4-5-10-9-11-7(6-14-9)8(12)13/h6H,2-5H2,1H3,(H,10,11)(H,12,13). The number of nitrogens with zero attached hydrogens (tertiary/aromatic N) is 1. The number of unbranched alkanes of at least 4 members (excludes halogenated alkanes) is 2. The van der Waals surface area contributed by atoms with Crippen LogP contribution < -0.4 is 5.32 Å². The number of carboxylic acids is 1. The Morgan fingerprint density at radius 1 is 1.64 bits per heavy atom. The number of aromatic carboxylic acids is 1. The fraction of sp³-hybridized carbons (Fsp3) is 0.556. The summed E-state index contributed by atoms with van der Waals surface area (Å²) in [6.45, 7) is 3.01. The lowest BCUT2D eigenvalue weighted by Gasteiger charge is -1.99. The van der Waals surface area contributed by atoms with Gasteiger partial charge < -0.3 is 10.4 Å². The van der Waals surface area contributed by atoms with Gasteiger partial charge >= 0.3 is 5.97 Å². The fourth-order valence-corrected chi connectivity index (χ4v) is 1.74. The average Bonchev–Trinajstić information content (AvgIpc) is 2.61. The molecule has 0 radical (unpaired) electrons. The summed E-state index contributed by atoms with van der Waals surface area (Å²) in [5.74, 6) is -0.970. The SMILES string of the molecule is CCCCCNc1nc(C(=O)O)cs1. The van der Waals surface area contributed by atoms with E-state index in [1.165, 1.54) is 24.2 Å². The van der Waals surface area contributed by atoms with Gasteiger partial charge in [-0.1, -0.05) is 19.8 Å². The maximum absolute atomic E-state index is 10.5. The van der Waals surface area contributed by atoms with Crippen molar-refractivity contribution in [3.63, 3.8) is 0 Å². The summed E-state index contributed by atoms with van der Waals surface area (Å²) >= 11 is 1.33. The average molecular weight is 214 g/mol. The summed E-state index contributed by atoms with van der Waals surface area (Å²) in [6.07, 6.45) is 3.46. The molecule has 0 aliphatic carbocycles. The molecular formula is C9H14N2O2S. The topological polar surface area (TPSA) is 62.2 Å². The molecule has 0 bridgehead atoms. The second-order valence-corrected chi connectivity index (χ2v) is 3.84. The van der Waals surface area contributed by atoms with Gasteiger partial charge in [-0.3, -0.25) is 0 Å². The van der Waals surface area contributed by atoms with Gasteiger partial charge in [0.2, 0.25) is 0 Å². The first kappa shape index (κ1) is 11.0. The third-order valence-corrected chi connectivity index (χ3v) is 2.58. The van der Waals surface area contributed by atoms with Gasteiger partial charge in [0, 0.05) is 11.9 Å². The summed E-state index contributed by atoms with van der Waals surface area (Å²) in [4.78, 5) is 14.4. The van der Waals surface area contributed by atoms with E-state index in [1.54, 1.807) is 5.38 Å². The molecule has 0 atom stereocenters. The van der Waals surface area contributed by atoms with Crippen molar-refractivity contribution in [3.05, 3.63) is 11.1 Å². The smallest absolute Gasteiger partial charge is 0.355 e. The van der Waals surface area contributed by atoms with Crippen molar-refractivity contribution in [2.75, 3.05) is 11.9 Å². The Morgan fingerprint density at radius 2 is 2.43 bits per heavy atom. The van der Waals surface area contributed by atoms with Crippen molar-refractivity contribution in [2.24, 2.45) is 0 Å². The van der Waals surface area contributed by atoms with Gasteiger partial charge in [-0.2, -0.15) is 0 Å². The highest BCUT2D eigenvalue weighted by atomic mass is 32.1. The van der Waals surface area contributed by atoms with Gasteiger partial charge in [-0.05, 0) is 6.42 Å². The van der Waals surface area contributed by atoms with E-state index in [0.29, 0.717) is 5.13 Å². The zero-order valence-corrected chi connectivity index (χ0v) is 8.93. The Labute approximate surface area is 87.0 Å². The van der Waals surface area contributed by atoms with Gasteiger partial charge in [0.05, 0.1) is 0 Å². The van der Waals surface area contributed by atoms with Crippen molar-refractivity contribution >= 4 is 22.4 Å². The number of aromatic nitrogens is 1. The van der Waals surface area contributed by atoms with Gasteiger partial charge in [0.25, 0.3) is 0 Å². The Bertz CT molecular complexity index is 299. The van der Waals surface area contributed by atoms with Crippen LogP contribution in [0.3, 0.4) is 0 Å². The molecule has 0 unspecified atom stereocenters. The predicted molar refractivity (Wildman–Crippen MR) is 57.1 cm³/mol. The van der Waals surface area contributed by atoms with Crippen LogP contribution in [0, 0.1) is 0 Å². The second-order valence-electron chi connectivity index (χ2n) is 2.98. The second kappa shape index (κ2) is 5.59. The number of anilines is 1. The van der Waals surface area contributed by atoms with Crippen molar-refractivity contribution in [1.82, 2.24) is 4.98 Å². The molecule has 1 aromatic heterocycles. The first-order chi connectivity index (χ1) is 6.74. The zero-order valence-electron chi connectivity index (χ0n) is 8.12. The van der Waals surface area contributed by atoms with Crippen molar-refractivity contribution < 1.29 is 9.90 Å². The predicted octanol–water partition coefficient (Wildman–Crippen LogP) is 2.44. The van der Waals surface area contributed by atoms with Crippen molar-refractivity contribution in [3.8, 4) is 0 Å². The Balaban J connectivity index is 2.33. The maximum atomic E-state index is 10.5. The van der Waals surface area contributed by atoms with E-state index in [9.17, 15) is 4.79 Å². The van der Waals surface area contributed by atoms with Gasteiger partial charge in [-0.15, -0.1) is 11.3 Å². The third kappa shape index (κ3) is 3.33. The number of rotatable bonds is 6. The van der Waals surface area contributed by atoms with E-state index < -0.39 is 5.97 Å². The van der Waals surface area contributed by atoms with Crippen LogP contribution in [0.25, 0.3) is 0 Å². The zero-order chi connectivity index (χ0) is 10.4. The number of thiazole rings is 1. The minimum Gasteiger partial charge on any atom is -0.476 e. The highest BCUT2D eigenvalue weighted by Gasteiger charge is 2.07. The normalized spacial score (nSPS) is 10.1. The minimum absolute atomic E-state index is 0.119. The number of carbonyl (C=O) groups is 1. The van der Waals surface area contributed by atoms with Crippen LogP contribution in [-0.4, -0.2) is 22.6 Å². The number of nitrogens with one attached hydrogen (secondary N) is 1. The van der Waals surface area contributed by atoms with Crippen LogP contribution in [0.15, 0.2) is 5.38 Å². The van der Waals surface area contributed by atoms with Crippen LogP contribution in [0.5, 0.6) is 0 Å². The van der Waals surface area contributed by atoms with Gasteiger partial charge in [0.15, 0.2) is 10.8 Å². The van der Waals surface area contributed by atoms with Crippen molar-refractivity contribution in [1.29, 1.82) is 0 Å². The first-order valence-corrected chi connectivity index (χ1v) is 5.54. The molecule has 0 aromatic carbocycles. The number of hydrogen-bond acceptors (Lipinski definition) is 4. The number of carboxylic acid groups (broad SMARTS) is 1. The lowest BCUT2D eigenvalue weighted by Crippen LogP contribution is -2.02. The molecule has 0 saturated carbocycles. The molecule has 0 aliphatic rings. The highest BCUT2D eigenvalue weighted by Crippen LogP contribution is 2.15. The summed E-state index contributed by atoms with van der Waals surface area (Å²) in [7, 11) is 0. The molecule has 1 heterocycles. The van der Waals surface area contributed by atoms with Crippen LogP contribution >= 0.6 is 11.3 Å². The molecule has 0 amide bonds. The van der Waals surface area contributed by atoms with E-state index in [1.807, 2.05) is 0 Å². The van der Waals surface area contributed by atoms with E-state index in [2.05, 4.69) is 17.2 Å². The molecule has 4 nitrogen and oxygen atoms in total. The first-order valence-electron chi connectivity index (χ1n) is 4.66. The summed E-state index contributed by atoms with van der Waals surface area (Å²) in [5, 5.41) is 14.0. The van der Waals surface area contributed by atoms with E-state index in [4.69, 9.17) is 5.11 Å². The Kier molecular flexibility index (Phi) is 4.39. The van der Waals surface area contributed by atoms with Crippen LogP contribution in [0.2, 0.25) is 0 Å². The van der Waals surface area contributed by atoms with Gasteiger partial charge in [0.1, 0.15) is 0 Å². The highest BCUT2D eigenvalue weighted by molar-refractivity contribution is 7.13. The summed E-state index contributed by atoms with van der Waals surface area (Å²) in [6, 6.07) is 0. The fourth-order valence-electron chi connectivity index (χ4n) is 1.02. The molecule has 14 heavy (non-hydrogen) atoms. The quantitative estimate of drug-likeness (QED) is 0.714. The molecular weight excluding hydrogens is 200 g/mol. The van der Waals surface area contributed by atoms with Gasteiger partial charge in [-0.25, -0.2) is 9.78 Å². The van der Waals surface area contributed by atoms with E-state index in [0.717, 1.165) is 13.0 Å². The largest absolute Gasteiger partial charge is 0.476 e. The molecule has 1 rings (SSSR count). The molecule has 0 aliphatic heterocycles. The maximum Gasteiger partial charge on any atom is 0.355 e. The summed E-state index contributed by atoms with van der Waals surface area (Å²) < 4.78 is 0. The molecule has 78 valence electrons. The lowest BCUT2D eigenvalue weighted by atomic mass is 10.2. The van der Waals surface area contributed by atoms with Crippen LogP contribution in [0.1, 0.15) is 36.7 Å². The van der Waals surface area contributed by atoms with Crippen LogP contribution in [0.4, 0.5) is 5.13 Å². The molecule has 0 spiro atoms. The number of hydrogen-bond donors (Lipinski definition) is 2. The summed E-state index contributed by atoms with van der Waals surface area (Å²) in [5.41, 5.74) is 0.119. The molecule has 0 fully saturated rings. The molecule has 5 heteroatoms. The van der Waals surface area contributed by atoms with Crippen LogP contribution in [-0.2, 0) is 0 Å². The Morgan fingerprint density at radius 3 is 3.00 bits per heavy atom.